The van der Waals surface area contributed by atoms with Crippen molar-refractivity contribution in [2.24, 2.45) is 0 Å². The molecule has 1 rings (SSSR count). The van der Waals surface area contributed by atoms with Crippen molar-refractivity contribution in [3.63, 3.8) is 0 Å². The standard InChI is InChI=1S/C10H17ClN4O/c1-4-6-15(3)9-12-8(11)13-10(14-9)16-7-5-2/h4-7H2,1-3H3. The minimum absolute atomic E-state index is 0.166. The minimum Gasteiger partial charge on any atom is -0.463 e. The largest absolute Gasteiger partial charge is 0.463 e. The molecule has 90 valence electrons. The number of hydrogen-bond donors (Lipinski definition) is 0. The highest BCUT2D eigenvalue weighted by Gasteiger charge is 2.09. The van der Waals surface area contributed by atoms with Crippen LogP contribution in [0.5, 0.6) is 6.01 Å². The molecule has 0 aliphatic heterocycles. The van der Waals surface area contributed by atoms with Crippen LogP contribution in [0.1, 0.15) is 26.7 Å². The molecule has 0 aliphatic carbocycles. The second kappa shape index (κ2) is 6.48. The molecule has 6 heteroatoms. The molecule has 0 amide bonds. The maximum Gasteiger partial charge on any atom is 0.322 e. The lowest BCUT2D eigenvalue weighted by atomic mass is 10.4. The van der Waals surface area contributed by atoms with Gasteiger partial charge in [-0.3, -0.25) is 0 Å². The first kappa shape index (κ1) is 13.0. The average Bonchev–Trinajstić information content (AvgIpc) is 2.26. The molecule has 0 N–H and O–H groups in total. The molecule has 1 heterocycles. The van der Waals surface area contributed by atoms with Gasteiger partial charge in [0, 0.05) is 13.6 Å². The van der Waals surface area contributed by atoms with E-state index < -0.39 is 0 Å². The Bertz CT molecular complexity index is 335. The first-order valence-corrected chi connectivity index (χ1v) is 5.80. The average molecular weight is 245 g/mol. The third-order valence-electron chi connectivity index (χ3n) is 1.91. The molecule has 0 bridgehead atoms. The van der Waals surface area contributed by atoms with Crippen molar-refractivity contribution in [1.82, 2.24) is 15.0 Å². The van der Waals surface area contributed by atoms with E-state index in [1.54, 1.807) is 0 Å². The zero-order valence-electron chi connectivity index (χ0n) is 9.90. The van der Waals surface area contributed by atoms with Gasteiger partial charge in [-0.25, -0.2) is 0 Å². The summed E-state index contributed by atoms with van der Waals surface area (Å²) in [6.45, 7) is 5.56. The fourth-order valence-corrected chi connectivity index (χ4v) is 1.33. The molecule has 16 heavy (non-hydrogen) atoms. The van der Waals surface area contributed by atoms with Gasteiger partial charge < -0.3 is 9.64 Å². The van der Waals surface area contributed by atoms with E-state index in [0.717, 1.165) is 19.4 Å². The normalized spacial score (nSPS) is 10.2. The van der Waals surface area contributed by atoms with Crippen LogP contribution in [0.4, 0.5) is 5.95 Å². The van der Waals surface area contributed by atoms with Gasteiger partial charge in [-0.2, -0.15) is 15.0 Å². The van der Waals surface area contributed by atoms with Gasteiger partial charge in [-0.05, 0) is 24.4 Å². The zero-order chi connectivity index (χ0) is 12.0. The highest BCUT2D eigenvalue weighted by Crippen LogP contribution is 2.14. The smallest absolute Gasteiger partial charge is 0.322 e. The van der Waals surface area contributed by atoms with Crippen molar-refractivity contribution < 1.29 is 4.74 Å². The fraction of sp³-hybridized carbons (Fsp3) is 0.700. The Morgan fingerprint density at radius 3 is 2.56 bits per heavy atom. The van der Waals surface area contributed by atoms with Gasteiger partial charge in [-0.1, -0.05) is 13.8 Å². The van der Waals surface area contributed by atoms with E-state index in [1.165, 1.54) is 0 Å². The molecule has 0 radical (unpaired) electrons. The van der Waals surface area contributed by atoms with Crippen molar-refractivity contribution >= 4 is 17.5 Å². The molecule has 5 nitrogen and oxygen atoms in total. The van der Waals surface area contributed by atoms with E-state index in [2.05, 4.69) is 21.9 Å². The Balaban J connectivity index is 2.80. The third-order valence-corrected chi connectivity index (χ3v) is 2.08. The molecular weight excluding hydrogens is 228 g/mol. The van der Waals surface area contributed by atoms with E-state index in [-0.39, 0.29) is 5.28 Å². The molecule has 0 saturated carbocycles. The van der Waals surface area contributed by atoms with Crippen LogP contribution >= 0.6 is 11.6 Å². The van der Waals surface area contributed by atoms with Crippen LogP contribution in [0.2, 0.25) is 5.28 Å². The number of halogens is 1. The summed E-state index contributed by atoms with van der Waals surface area (Å²) in [4.78, 5) is 14.1. The molecular formula is C10H17ClN4O. The Kier molecular flexibility index (Phi) is 5.25. The van der Waals surface area contributed by atoms with Crippen molar-refractivity contribution in [3.05, 3.63) is 5.28 Å². The lowest BCUT2D eigenvalue weighted by Gasteiger charge is -2.16. The van der Waals surface area contributed by atoms with Gasteiger partial charge in [0.1, 0.15) is 0 Å². The quantitative estimate of drug-likeness (QED) is 0.768. The summed E-state index contributed by atoms with van der Waals surface area (Å²) in [7, 11) is 1.92. The summed E-state index contributed by atoms with van der Waals surface area (Å²) >= 11 is 5.80. The maximum atomic E-state index is 5.80. The van der Waals surface area contributed by atoms with Gasteiger partial charge in [0.25, 0.3) is 0 Å². The zero-order valence-corrected chi connectivity index (χ0v) is 10.7. The van der Waals surface area contributed by atoms with Crippen LogP contribution in [-0.4, -0.2) is 35.2 Å². The number of aromatic nitrogens is 3. The van der Waals surface area contributed by atoms with Crippen LogP contribution in [0, 0.1) is 0 Å². The molecule has 0 spiro atoms. The first-order chi connectivity index (χ1) is 7.67. The molecule has 0 fully saturated rings. The lowest BCUT2D eigenvalue weighted by Crippen LogP contribution is -2.21. The molecule has 0 saturated heterocycles. The summed E-state index contributed by atoms with van der Waals surface area (Å²) in [5.74, 6) is 0.549. The van der Waals surface area contributed by atoms with Gasteiger partial charge in [-0.15, -0.1) is 0 Å². The van der Waals surface area contributed by atoms with E-state index in [4.69, 9.17) is 16.3 Å². The Morgan fingerprint density at radius 1 is 1.19 bits per heavy atom. The lowest BCUT2D eigenvalue weighted by molar-refractivity contribution is 0.291. The van der Waals surface area contributed by atoms with E-state index in [0.29, 0.717) is 18.6 Å². The molecule has 1 aromatic heterocycles. The summed E-state index contributed by atoms with van der Waals surface area (Å²) in [5.41, 5.74) is 0. The highest BCUT2D eigenvalue weighted by molar-refractivity contribution is 6.28. The summed E-state index contributed by atoms with van der Waals surface area (Å²) in [6.07, 6.45) is 1.92. The summed E-state index contributed by atoms with van der Waals surface area (Å²) in [6, 6.07) is 0.291. The summed E-state index contributed by atoms with van der Waals surface area (Å²) < 4.78 is 5.33. The van der Waals surface area contributed by atoms with Crippen molar-refractivity contribution in [2.75, 3.05) is 25.1 Å². The Hall–Kier alpha value is -1.10. The predicted octanol–water partition coefficient (Wildman–Crippen LogP) is 2.16. The SMILES string of the molecule is CCCOc1nc(Cl)nc(N(C)CCC)n1. The van der Waals surface area contributed by atoms with E-state index in [1.807, 2.05) is 18.9 Å². The van der Waals surface area contributed by atoms with Crippen LogP contribution in [0.25, 0.3) is 0 Å². The number of hydrogen-bond acceptors (Lipinski definition) is 5. The van der Waals surface area contributed by atoms with Crippen LogP contribution in [-0.2, 0) is 0 Å². The highest BCUT2D eigenvalue weighted by atomic mass is 35.5. The van der Waals surface area contributed by atoms with Gasteiger partial charge in [0.15, 0.2) is 0 Å². The minimum atomic E-state index is 0.166. The molecule has 0 atom stereocenters. The predicted molar refractivity (Wildman–Crippen MR) is 64.2 cm³/mol. The molecule has 0 aliphatic rings. The number of anilines is 1. The Morgan fingerprint density at radius 2 is 1.94 bits per heavy atom. The van der Waals surface area contributed by atoms with Crippen LogP contribution in [0.15, 0.2) is 0 Å². The van der Waals surface area contributed by atoms with Crippen molar-refractivity contribution in [3.8, 4) is 6.01 Å². The van der Waals surface area contributed by atoms with Crippen LogP contribution < -0.4 is 9.64 Å². The number of rotatable bonds is 6. The van der Waals surface area contributed by atoms with Crippen molar-refractivity contribution in [2.45, 2.75) is 26.7 Å². The van der Waals surface area contributed by atoms with Crippen molar-refractivity contribution in [1.29, 1.82) is 0 Å². The number of nitrogens with zero attached hydrogens (tertiary/aromatic N) is 4. The summed E-state index contributed by atoms with van der Waals surface area (Å²) in [5, 5.41) is 0.166. The topological polar surface area (TPSA) is 51.1 Å². The molecule has 1 aromatic rings. The van der Waals surface area contributed by atoms with E-state index in [9.17, 15) is 0 Å². The molecule has 0 aromatic carbocycles. The maximum absolute atomic E-state index is 5.80. The van der Waals surface area contributed by atoms with E-state index >= 15 is 0 Å². The van der Waals surface area contributed by atoms with Gasteiger partial charge in [0.05, 0.1) is 6.61 Å². The number of ether oxygens (including phenoxy) is 1. The third kappa shape index (κ3) is 3.81. The second-order valence-corrected chi connectivity index (χ2v) is 3.80. The van der Waals surface area contributed by atoms with Gasteiger partial charge >= 0.3 is 6.01 Å². The van der Waals surface area contributed by atoms with Crippen LogP contribution in [0.3, 0.4) is 0 Å². The monoisotopic (exact) mass is 244 g/mol. The Labute approximate surface area is 101 Å². The van der Waals surface area contributed by atoms with Gasteiger partial charge in [0.2, 0.25) is 11.2 Å². The second-order valence-electron chi connectivity index (χ2n) is 3.46. The first-order valence-electron chi connectivity index (χ1n) is 5.42. The fourth-order valence-electron chi connectivity index (χ4n) is 1.19. The molecule has 0 unspecified atom stereocenters.